The van der Waals surface area contributed by atoms with Gasteiger partial charge < -0.3 is 16.0 Å². The van der Waals surface area contributed by atoms with Gasteiger partial charge in [0.2, 0.25) is 5.91 Å². The van der Waals surface area contributed by atoms with Gasteiger partial charge in [0.1, 0.15) is 0 Å². The van der Waals surface area contributed by atoms with Gasteiger partial charge in [0.25, 0.3) is 0 Å². The largest absolute Gasteiger partial charge is 0.352 e. The molecule has 1 amide bonds. The molecule has 0 radical (unpaired) electrons. The van der Waals surface area contributed by atoms with Gasteiger partial charge >= 0.3 is 0 Å². The maximum atomic E-state index is 12.3. The highest BCUT2D eigenvalue weighted by Crippen LogP contribution is 2.26. The van der Waals surface area contributed by atoms with Crippen LogP contribution in [0.15, 0.2) is 53.5 Å². The van der Waals surface area contributed by atoms with Crippen molar-refractivity contribution >= 4 is 41.5 Å². The van der Waals surface area contributed by atoms with Gasteiger partial charge in [-0.15, -0.1) is 24.0 Å². The minimum Gasteiger partial charge on any atom is -0.352 e. The fourth-order valence-electron chi connectivity index (χ4n) is 3.59. The highest BCUT2D eigenvalue weighted by molar-refractivity contribution is 14.0. The molecule has 5 nitrogen and oxygen atoms in total. The van der Waals surface area contributed by atoms with Crippen LogP contribution in [-0.4, -0.2) is 18.9 Å². The van der Waals surface area contributed by atoms with Crippen molar-refractivity contribution < 1.29 is 4.79 Å². The number of benzene rings is 2. The molecule has 0 unspecified atom stereocenters. The number of carbonyl (C=O) groups is 1. The van der Waals surface area contributed by atoms with E-state index in [9.17, 15) is 4.79 Å². The molecule has 1 saturated carbocycles. The Kier molecular flexibility index (Phi) is 9.44. The number of nitrogens with one attached hydrogen (secondary N) is 3. The molecule has 0 atom stereocenters. The second-order valence-corrected chi connectivity index (χ2v) is 7.38. The molecule has 3 N–H and O–H groups in total. The van der Waals surface area contributed by atoms with Crippen molar-refractivity contribution in [1.82, 2.24) is 10.6 Å². The van der Waals surface area contributed by atoms with E-state index in [-0.39, 0.29) is 35.8 Å². The van der Waals surface area contributed by atoms with Gasteiger partial charge in [0, 0.05) is 31.7 Å². The molecular formula is C23H31IN4O. The van der Waals surface area contributed by atoms with E-state index in [4.69, 9.17) is 0 Å². The Morgan fingerprint density at radius 2 is 1.76 bits per heavy atom. The third kappa shape index (κ3) is 7.03. The summed E-state index contributed by atoms with van der Waals surface area (Å²) in [7, 11) is 1.77. The monoisotopic (exact) mass is 506 g/mol. The zero-order valence-corrected chi connectivity index (χ0v) is 19.5. The first-order valence-electron chi connectivity index (χ1n) is 10.0. The number of carbonyl (C=O) groups excluding carboxylic acids is 1. The summed E-state index contributed by atoms with van der Waals surface area (Å²) in [6.07, 6.45) is 4.35. The standard InChI is InChI=1S/C23H30N4O.HI/c1-17-8-3-4-12-20(17)16-26-23(24-2)25-15-18-9-7-13-21(14-18)27-22(28)19-10-5-6-11-19;/h3-4,7-9,12-14,19H,5-6,10-11,15-16H2,1-2H3,(H,27,28)(H2,24,25,26);1H. The molecule has 0 saturated heterocycles. The zero-order valence-electron chi connectivity index (χ0n) is 17.2. The number of nitrogens with zero attached hydrogens (tertiary/aromatic N) is 1. The number of amides is 1. The summed E-state index contributed by atoms with van der Waals surface area (Å²) >= 11 is 0. The second-order valence-electron chi connectivity index (χ2n) is 7.38. The number of hydrogen-bond acceptors (Lipinski definition) is 2. The van der Waals surface area contributed by atoms with Crippen LogP contribution in [0.4, 0.5) is 5.69 Å². The molecule has 1 aliphatic carbocycles. The van der Waals surface area contributed by atoms with Gasteiger partial charge in [-0.05, 0) is 48.6 Å². The van der Waals surface area contributed by atoms with Gasteiger partial charge in [-0.25, -0.2) is 0 Å². The molecule has 0 heterocycles. The quantitative estimate of drug-likeness (QED) is 0.305. The van der Waals surface area contributed by atoms with Gasteiger partial charge in [-0.2, -0.15) is 0 Å². The molecular weight excluding hydrogens is 475 g/mol. The minimum absolute atomic E-state index is 0. The summed E-state index contributed by atoms with van der Waals surface area (Å²) in [4.78, 5) is 16.6. The topological polar surface area (TPSA) is 65.5 Å². The fourth-order valence-corrected chi connectivity index (χ4v) is 3.59. The van der Waals surface area contributed by atoms with Crippen molar-refractivity contribution in [3.63, 3.8) is 0 Å². The van der Waals surface area contributed by atoms with Crippen LogP contribution in [0.1, 0.15) is 42.4 Å². The lowest BCUT2D eigenvalue weighted by atomic mass is 10.1. The maximum Gasteiger partial charge on any atom is 0.227 e. The average molecular weight is 506 g/mol. The summed E-state index contributed by atoms with van der Waals surface area (Å²) in [6.45, 7) is 3.48. The Bertz CT molecular complexity index is 831. The van der Waals surface area contributed by atoms with E-state index in [1.54, 1.807) is 7.05 Å². The van der Waals surface area contributed by atoms with Crippen LogP contribution >= 0.6 is 24.0 Å². The average Bonchev–Trinajstić information content (AvgIpc) is 3.25. The predicted octanol–water partition coefficient (Wildman–Crippen LogP) is 4.61. The number of aliphatic imine (C=N–C) groups is 1. The highest BCUT2D eigenvalue weighted by Gasteiger charge is 2.22. The van der Waals surface area contributed by atoms with E-state index in [0.29, 0.717) is 6.54 Å². The molecule has 1 aliphatic rings. The van der Waals surface area contributed by atoms with Crippen LogP contribution in [0, 0.1) is 12.8 Å². The molecule has 3 rings (SSSR count). The van der Waals surface area contributed by atoms with Crippen LogP contribution < -0.4 is 16.0 Å². The normalized spacial score (nSPS) is 14.2. The Hall–Kier alpha value is -2.09. The van der Waals surface area contributed by atoms with Crippen LogP contribution in [0.5, 0.6) is 0 Å². The lowest BCUT2D eigenvalue weighted by Crippen LogP contribution is -2.36. The SMILES string of the molecule is CN=C(NCc1cccc(NC(=O)C2CCCC2)c1)NCc1ccccc1C.I. The third-order valence-electron chi connectivity index (χ3n) is 5.31. The molecule has 1 fully saturated rings. The number of hydrogen-bond donors (Lipinski definition) is 3. The van der Waals surface area contributed by atoms with Crippen LogP contribution in [-0.2, 0) is 17.9 Å². The Labute approximate surface area is 190 Å². The van der Waals surface area contributed by atoms with Gasteiger partial charge in [-0.1, -0.05) is 49.2 Å². The summed E-state index contributed by atoms with van der Waals surface area (Å²) in [5, 5.41) is 9.75. The van der Waals surface area contributed by atoms with E-state index in [1.807, 2.05) is 36.4 Å². The molecule has 156 valence electrons. The van der Waals surface area contributed by atoms with Crippen molar-refractivity contribution in [3.8, 4) is 0 Å². The Balaban J connectivity index is 0.00000300. The molecule has 0 aliphatic heterocycles. The number of aryl methyl sites for hydroxylation is 1. The summed E-state index contributed by atoms with van der Waals surface area (Å²) in [5.41, 5.74) is 4.47. The van der Waals surface area contributed by atoms with E-state index in [0.717, 1.165) is 49.4 Å². The van der Waals surface area contributed by atoms with Crippen LogP contribution in [0.25, 0.3) is 0 Å². The third-order valence-corrected chi connectivity index (χ3v) is 5.31. The van der Waals surface area contributed by atoms with E-state index in [2.05, 4.69) is 40.0 Å². The summed E-state index contributed by atoms with van der Waals surface area (Å²) in [6, 6.07) is 16.3. The van der Waals surface area contributed by atoms with E-state index >= 15 is 0 Å². The van der Waals surface area contributed by atoms with Crippen LogP contribution in [0.3, 0.4) is 0 Å². The first-order valence-corrected chi connectivity index (χ1v) is 10.0. The lowest BCUT2D eigenvalue weighted by Gasteiger charge is -2.14. The Morgan fingerprint density at radius 3 is 2.48 bits per heavy atom. The highest BCUT2D eigenvalue weighted by atomic mass is 127. The number of anilines is 1. The first kappa shape index (κ1) is 23.2. The van der Waals surface area contributed by atoms with Crippen molar-refractivity contribution in [2.75, 3.05) is 12.4 Å². The lowest BCUT2D eigenvalue weighted by molar-refractivity contribution is -0.119. The number of rotatable bonds is 6. The van der Waals surface area contributed by atoms with E-state index in [1.165, 1.54) is 11.1 Å². The predicted molar refractivity (Wildman–Crippen MR) is 131 cm³/mol. The summed E-state index contributed by atoms with van der Waals surface area (Å²) in [5.74, 6) is 1.08. The smallest absolute Gasteiger partial charge is 0.227 e. The van der Waals surface area contributed by atoms with Gasteiger partial charge in [0.15, 0.2) is 5.96 Å². The Morgan fingerprint density at radius 1 is 1.03 bits per heavy atom. The summed E-state index contributed by atoms with van der Waals surface area (Å²) < 4.78 is 0. The maximum absolute atomic E-state index is 12.3. The molecule has 0 aromatic heterocycles. The van der Waals surface area contributed by atoms with Crippen molar-refractivity contribution in [2.45, 2.75) is 45.7 Å². The van der Waals surface area contributed by atoms with Gasteiger partial charge in [-0.3, -0.25) is 9.79 Å². The van der Waals surface area contributed by atoms with Crippen molar-refractivity contribution in [3.05, 3.63) is 65.2 Å². The molecule has 6 heteroatoms. The first-order chi connectivity index (χ1) is 13.7. The zero-order chi connectivity index (χ0) is 19.8. The number of guanidine groups is 1. The fraction of sp³-hybridized carbons (Fsp3) is 0.391. The minimum atomic E-state index is 0. The van der Waals surface area contributed by atoms with Gasteiger partial charge in [0.05, 0.1) is 0 Å². The molecule has 0 bridgehead atoms. The molecule has 2 aromatic rings. The molecule has 2 aromatic carbocycles. The van der Waals surface area contributed by atoms with Crippen molar-refractivity contribution in [2.24, 2.45) is 10.9 Å². The molecule has 0 spiro atoms. The van der Waals surface area contributed by atoms with E-state index < -0.39 is 0 Å². The molecule has 29 heavy (non-hydrogen) atoms. The van der Waals surface area contributed by atoms with Crippen molar-refractivity contribution in [1.29, 1.82) is 0 Å². The van der Waals surface area contributed by atoms with Crippen LogP contribution in [0.2, 0.25) is 0 Å². The second kappa shape index (κ2) is 11.8. The number of halogens is 1.